The fourth-order valence-corrected chi connectivity index (χ4v) is 1.67. The number of alkyl halides is 3. The van der Waals surface area contributed by atoms with Crippen molar-refractivity contribution in [2.24, 2.45) is 0 Å². The molecule has 1 aromatic heterocycles. The topological polar surface area (TPSA) is 28.4 Å². The molecule has 0 radical (unpaired) electrons. The lowest BCUT2D eigenvalue weighted by Gasteiger charge is -2.16. The first-order valence-electron chi connectivity index (χ1n) is 5.80. The molecule has 0 aromatic carbocycles. The van der Waals surface area contributed by atoms with Crippen LogP contribution in [-0.4, -0.2) is 31.7 Å². The third kappa shape index (κ3) is 5.10. The van der Waals surface area contributed by atoms with Gasteiger partial charge in [0.05, 0.1) is 19.5 Å². The Kier molecular flexibility index (Phi) is 5.22. The van der Waals surface area contributed by atoms with Crippen LogP contribution in [0, 0.1) is 6.92 Å². The second-order valence-corrected chi connectivity index (χ2v) is 4.45. The molecule has 18 heavy (non-hydrogen) atoms. The quantitative estimate of drug-likeness (QED) is 0.856. The average molecular weight is 264 g/mol. The molecule has 1 heterocycles. The van der Waals surface area contributed by atoms with Gasteiger partial charge in [-0.1, -0.05) is 0 Å². The molecule has 0 fully saturated rings. The Morgan fingerprint density at radius 3 is 2.61 bits per heavy atom. The SMILES string of the molecule is CNCc1oc(CN(C)CCC(F)(F)F)cc1C. The van der Waals surface area contributed by atoms with Crippen molar-refractivity contribution >= 4 is 0 Å². The number of halogens is 3. The first kappa shape index (κ1) is 15.0. The van der Waals surface area contributed by atoms with Gasteiger partial charge in [-0.3, -0.25) is 4.90 Å². The van der Waals surface area contributed by atoms with E-state index >= 15 is 0 Å². The third-order valence-corrected chi connectivity index (χ3v) is 2.61. The van der Waals surface area contributed by atoms with E-state index in [0.29, 0.717) is 18.8 Å². The number of rotatable bonds is 6. The van der Waals surface area contributed by atoms with E-state index in [1.54, 1.807) is 11.9 Å². The molecule has 0 spiro atoms. The molecule has 0 aliphatic carbocycles. The summed E-state index contributed by atoms with van der Waals surface area (Å²) >= 11 is 0. The van der Waals surface area contributed by atoms with Crippen molar-refractivity contribution in [2.75, 3.05) is 20.6 Å². The van der Waals surface area contributed by atoms with E-state index < -0.39 is 12.6 Å². The number of hydrogen-bond acceptors (Lipinski definition) is 3. The normalized spacial score (nSPS) is 12.4. The summed E-state index contributed by atoms with van der Waals surface area (Å²) in [5.74, 6) is 1.53. The van der Waals surface area contributed by atoms with Crippen molar-refractivity contribution in [3.63, 3.8) is 0 Å². The first-order chi connectivity index (χ1) is 8.31. The summed E-state index contributed by atoms with van der Waals surface area (Å²) in [6.07, 6.45) is -4.91. The number of furan rings is 1. The molecule has 1 aromatic rings. The molecule has 6 heteroatoms. The molecule has 104 valence electrons. The van der Waals surface area contributed by atoms with Gasteiger partial charge in [-0.05, 0) is 32.6 Å². The number of hydrogen-bond donors (Lipinski definition) is 1. The van der Waals surface area contributed by atoms with Crippen LogP contribution in [0.4, 0.5) is 13.2 Å². The predicted molar refractivity (Wildman–Crippen MR) is 63.2 cm³/mol. The van der Waals surface area contributed by atoms with Gasteiger partial charge < -0.3 is 9.73 Å². The molecule has 1 rings (SSSR count). The molecule has 1 N–H and O–H groups in total. The van der Waals surface area contributed by atoms with Gasteiger partial charge >= 0.3 is 6.18 Å². The fourth-order valence-electron chi connectivity index (χ4n) is 1.67. The van der Waals surface area contributed by atoms with Crippen molar-refractivity contribution in [1.82, 2.24) is 10.2 Å². The summed E-state index contributed by atoms with van der Waals surface area (Å²) < 4.78 is 41.8. The Morgan fingerprint density at radius 1 is 1.39 bits per heavy atom. The van der Waals surface area contributed by atoms with Gasteiger partial charge in [0.1, 0.15) is 11.5 Å². The third-order valence-electron chi connectivity index (χ3n) is 2.61. The summed E-state index contributed by atoms with van der Waals surface area (Å²) in [6, 6.07) is 1.87. The van der Waals surface area contributed by atoms with Crippen LogP contribution in [0.15, 0.2) is 10.5 Å². The molecule has 0 saturated carbocycles. The van der Waals surface area contributed by atoms with E-state index in [-0.39, 0.29) is 6.54 Å². The molecular weight excluding hydrogens is 245 g/mol. The van der Waals surface area contributed by atoms with Crippen LogP contribution in [0.25, 0.3) is 0 Å². The second-order valence-electron chi connectivity index (χ2n) is 4.45. The molecule has 0 unspecified atom stereocenters. The molecule has 0 aliphatic rings. The van der Waals surface area contributed by atoms with Crippen LogP contribution in [0.1, 0.15) is 23.5 Å². The van der Waals surface area contributed by atoms with E-state index in [4.69, 9.17) is 4.42 Å². The highest BCUT2D eigenvalue weighted by Gasteiger charge is 2.27. The first-order valence-corrected chi connectivity index (χ1v) is 5.80. The second kappa shape index (κ2) is 6.24. The van der Waals surface area contributed by atoms with Crippen LogP contribution in [-0.2, 0) is 13.1 Å². The maximum Gasteiger partial charge on any atom is 0.390 e. The van der Waals surface area contributed by atoms with E-state index in [1.807, 2.05) is 20.0 Å². The van der Waals surface area contributed by atoms with Crippen LogP contribution >= 0.6 is 0 Å². The summed E-state index contributed by atoms with van der Waals surface area (Å²) in [4.78, 5) is 1.61. The summed E-state index contributed by atoms with van der Waals surface area (Å²) in [5, 5.41) is 2.98. The highest BCUT2D eigenvalue weighted by molar-refractivity contribution is 5.19. The number of aryl methyl sites for hydroxylation is 1. The van der Waals surface area contributed by atoms with Crippen LogP contribution < -0.4 is 5.32 Å². The standard InChI is InChI=1S/C12H19F3N2O/c1-9-6-10(18-11(9)7-16-2)8-17(3)5-4-12(13,14)15/h6,16H,4-5,7-8H2,1-3H3. The minimum atomic E-state index is -4.11. The largest absolute Gasteiger partial charge is 0.463 e. The molecule has 0 saturated heterocycles. The monoisotopic (exact) mass is 264 g/mol. The molecule has 0 atom stereocenters. The molecule has 0 aliphatic heterocycles. The minimum Gasteiger partial charge on any atom is -0.463 e. The van der Waals surface area contributed by atoms with E-state index in [0.717, 1.165) is 11.3 Å². The Labute approximate surface area is 105 Å². The highest BCUT2D eigenvalue weighted by atomic mass is 19.4. The lowest BCUT2D eigenvalue weighted by atomic mass is 10.2. The van der Waals surface area contributed by atoms with Crippen molar-refractivity contribution in [1.29, 1.82) is 0 Å². The zero-order valence-electron chi connectivity index (χ0n) is 10.9. The van der Waals surface area contributed by atoms with Crippen LogP contribution in [0.3, 0.4) is 0 Å². The zero-order valence-corrected chi connectivity index (χ0v) is 10.9. The predicted octanol–water partition coefficient (Wildman–Crippen LogP) is 2.69. The van der Waals surface area contributed by atoms with E-state index in [9.17, 15) is 13.2 Å². The molecule has 0 bridgehead atoms. The van der Waals surface area contributed by atoms with Crippen LogP contribution in [0.2, 0.25) is 0 Å². The summed E-state index contributed by atoms with van der Waals surface area (Å²) in [7, 11) is 3.47. The molecular formula is C12H19F3N2O. The zero-order chi connectivity index (χ0) is 13.8. The van der Waals surface area contributed by atoms with Crippen molar-refractivity contribution in [3.8, 4) is 0 Å². The smallest absolute Gasteiger partial charge is 0.390 e. The maximum atomic E-state index is 12.1. The minimum absolute atomic E-state index is 0.0232. The van der Waals surface area contributed by atoms with Gasteiger partial charge in [0.15, 0.2) is 0 Å². The lowest BCUT2D eigenvalue weighted by molar-refractivity contribution is -0.137. The van der Waals surface area contributed by atoms with Gasteiger partial charge in [-0.2, -0.15) is 13.2 Å². The molecule has 3 nitrogen and oxygen atoms in total. The van der Waals surface area contributed by atoms with Gasteiger partial charge in [0.2, 0.25) is 0 Å². The summed E-state index contributed by atoms with van der Waals surface area (Å²) in [6.45, 7) is 2.92. The summed E-state index contributed by atoms with van der Waals surface area (Å²) in [5.41, 5.74) is 1.02. The number of nitrogens with one attached hydrogen (secondary N) is 1. The van der Waals surface area contributed by atoms with E-state index in [1.165, 1.54) is 0 Å². The van der Waals surface area contributed by atoms with Crippen molar-refractivity contribution < 1.29 is 17.6 Å². The van der Waals surface area contributed by atoms with Gasteiger partial charge in [0, 0.05) is 6.54 Å². The van der Waals surface area contributed by atoms with Crippen LogP contribution in [0.5, 0.6) is 0 Å². The van der Waals surface area contributed by atoms with Gasteiger partial charge in [-0.25, -0.2) is 0 Å². The fraction of sp³-hybridized carbons (Fsp3) is 0.667. The Bertz CT molecular complexity index is 374. The maximum absolute atomic E-state index is 12.1. The lowest BCUT2D eigenvalue weighted by Crippen LogP contribution is -2.23. The number of nitrogens with zero attached hydrogens (tertiary/aromatic N) is 1. The Morgan fingerprint density at radius 2 is 2.06 bits per heavy atom. The van der Waals surface area contributed by atoms with Gasteiger partial charge in [-0.15, -0.1) is 0 Å². The highest BCUT2D eigenvalue weighted by Crippen LogP contribution is 2.20. The van der Waals surface area contributed by atoms with E-state index in [2.05, 4.69) is 5.32 Å². The Balaban J connectivity index is 2.49. The van der Waals surface area contributed by atoms with Crippen molar-refractivity contribution in [3.05, 3.63) is 23.2 Å². The Hall–Kier alpha value is -1.01. The van der Waals surface area contributed by atoms with Gasteiger partial charge in [0.25, 0.3) is 0 Å². The average Bonchev–Trinajstić information content (AvgIpc) is 2.56. The molecule has 0 amide bonds. The van der Waals surface area contributed by atoms with Crippen molar-refractivity contribution in [2.45, 2.75) is 32.6 Å².